The number of Topliss-reactive ketones (excluding diaryl/α,β-unsaturated/α-hetero) is 1. The Morgan fingerprint density at radius 1 is 1.41 bits per heavy atom. The quantitative estimate of drug-likeness (QED) is 0.598. The number of carbonyl (C=O) groups is 1. The summed E-state index contributed by atoms with van der Waals surface area (Å²) in [7, 11) is 0. The van der Waals surface area contributed by atoms with Crippen LogP contribution in [0.5, 0.6) is 0 Å². The zero-order chi connectivity index (χ0) is 15.7. The molecule has 0 amide bonds. The number of carbonyl (C=O) groups excluding carboxylic acids is 1. The zero-order valence-corrected chi connectivity index (χ0v) is 13.8. The molecule has 0 unspecified atom stereocenters. The summed E-state index contributed by atoms with van der Waals surface area (Å²) < 4.78 is 6.20. The molecule has 0 aromatic heterocycles. The molecular weight excluding hydrogens is 276 g/mol. The second kappa shape index (κ2) is 3.39. The van der Waals surface area contributed by atoms with E-state index in [2.05, 4.69) is 27.4 Å². The van der Waals surface area contributed by atoms with E-state index in [0.29, 0.717) is 24.0 Å². The summed E-state index contributed by atoms with van der Waals surface area (Å²) in [5.74, 6) is 1.41. The molecule has 0 bridgehead atoms. The van der Waals surface area contributed by atoms with Crippen molar-refractivity contribution in [3.8, 4) is 0 Å². The van der Waals surface area contributed by atoms with E-state index in [-0.39, 0.29) is 40.0 Å². The van der Waals surface area contributed by atoms with Gasteiger partial charge in [0.2, 0.25) is 0 Å². The van der Waals surface area contributed by atoms with Crippen LogP contribution >= 0.6 is 0 Å². The standard InChI is InChI=1S/C19H26O3/c1-5-11-6-7-18-8-12-10(2)14(21)15-19(12,22-15)16(18,3)9-13(20)17(11,18)4/h5,10-12,14-15,21H,1,6-9H2,2-4H3/t10-,11-,12+,14+,15+,16-,17-,18+,19-/m0/s1. The molecule has 4 aliphatic carbocycles. The van der Waals surface area contributed by atoms with Crippen molar-refractivity contribution in [3.05, 3.63) is 12.7 Å². The Hall–Kier alpha value is -0.670. The first kappa shape index (κ1) is 13.7. The van der Waals surface area contributed by atoms with Gasteiger partial charge in [0.1, 0.15) is 17.5 Å². The number of hydrogen-bond donors (Lipinski definition) is 1. The van der Waals surface area contributed by atoms with Gasteiger partial charge < -0.3 is 9.84 Å². The normalized spacial score (nSPS) is 67.6. The maximum Gasteiger partial charge on any atom is 0.140 e. The molecular formula is C19H26O3. The highest BCUT2D eigenvalue weighted by Gasteiger charge is 2.91. The third-order valence-electron chi connectivity index (χ3n) is 9.20. The summed E-state index contributed by atoms with van der Waals surface area (Å²) in [5, 5.41) is 10.5. The van der Waals surface area contributed by atoms with Crippen LogP contribution in [-0.2, 0) is 9.53 Å². The Morgan fingerprint density at radius 3 is 2.82 bits per heavy atom. The van der Waals surface area contributed by atoms with Gasteiger partial charge >= 0.3 is 0 Å². The minimum atomic E-state index is -0.349. The lowest BCUT2D eigenvalue weighted by molar-refractivity contribution is -0.129. The minimum absolute atomic E-state index is 0.0326. The highest BCUT2D eigenvalue weighted by molar-refractivity contribution is 5.91. The molecule has 120 valence electrons. The topological polar surface area (TPSA) is 49.8 Å². The van der Waals surface area contributed by atoms with Crippen LogP contribution in [0.1, 0.15) is 46.5 Å². The molecule has 9 atom stereocenters. The summed E-state index contributed by atoms with van der Waals surface area (Å²) in [6.45, 7) is 10.7. The predicted octanol–water partition coefficient (Wildman–Crippen LogP) is 2.72. The van der Waals surface area contributed by atoms with Gasteiger partial charge in [-0.05, 0) is 42.4 Å². The van der Waals surface area contributed by atoms with E-state index in [1.165, 1.54) is 0 Å². The Bertz CT molecular complexity index is 614. The van der Waals surface area contributed by atoms with E-state index in [1.54, 1.807) is 0 Å². The lowest BCUT2D eigenvalue weighted by Gasteiger charge is -2.45. The zero-order valence-electron chi connectivity index (χ0n) is 13.8. The van der Waals surface area contributed by atoms with Crippen molar-refractivity contribution in [2.75, 3.05) is 0 Å². The predicted molar refractivity (Wildman–Crippen MR) is 82.1 cm³/mol. The van der Waals surface area contributed by atoms with Gasteiger partial charge in [-0.1, -0.05) is 26.8 Å². The fraction of sp³-hybridized carbons (Fsp3) is 0.842. The Balaban J connectivity index is 1.72. The molecule has 1 heterocycles. The van der Waals surface area contributed by atoms with Crippen molar-refractivity contribution in [3.63, 3.8) is 0 Å². The average Bonchev–Trinajstić information content (AvgIpc) is 3.00. The van der Waals surface area contributed by atoms with Crippen molar-refractivity contribution in [2.24, 2.45) is 34.0 Å². The fourth-order valence-electron chi connectivity index (χ4n) is 7.98. The lowest BCUT2D eigenvalue weighted by atomic mass is 9.57. The van der Waals surface area contributed by atoms with E-state index in [1.807, 2.05) is 6.08 Å². The number of hydrogen-bond acceptors (Lipinski definition) is 3. The average molecular weight is 302 g/mol. The molecule has 1 saturated heterocycles. The van der Waals surface area contributed by atoms with Crippen LogP contribution in [-0.4, -0.2) is 28.7 Å². The summed E-state index contributed by atoms with van der Waals surface area (Å²) in [4.78, 5) is 13.1. The van der Waals surface area contributed by atoms with Crippen LogP contribution in [0.3, 0.4) is 0 Å². The smallest absolute Gasteiger partial charge is 0.140 e. The molecule has 2 spiro atoms. The minimum Gasteiger partial charge on any atom is -0.390 e. The van der Waals surface area contributed by atoms with Crippen molar-refractivity contribution >= 4 is 5.78 Å². The van der Waals surface area contributed by atoms with Crippen molar-refractivity contribution < 1.29 is 14.6 Å². The van der Waals surface area contributed by atoms with Crippen LogP contribution in [0.2, 0.25) is 0 Å². The van der Waals surface area contributed by atoms with Crippen molar-refractivity contribution in [1.29, 1.82) is 0 Å². The van der Waals surface area contributed by atoms with Gasteiger partial charge in [-0.15, -0.1) is 6.58 Å². The highest BCUT2D eigenvalue weighted by Crippen LogP contribution is 2.86. The maximum absolute atomic E-state index is 13.1. The second-order valence-electron chi connectivity index (χ2n) is 9.09. The summed E-state index contributed by atoms with van der Waals surface area (Å²) in [5.41, 5.74) is -0.562. The molecule has 0 radical (unpaired) electrons. The molecule has 4 saturated carbocycles. The van der Waals surface area contributed by atoms with Crippen LogP contribution in [0, 0.1) is 34.0 Å². The first-order valence-corrected chi connectivity index (χ1v) is 8.82. The SMILES string of the molecule is C=C[C@H]1CC[C@@]23C[C@@H]4[C@H](C)[C@@H](O)[C@H]5O[C@@]45[C@@]2(C)CC(=O)[C@]13C. The molecule has 5 aliphatic rings. The number of rotatable bonds is 1. The first-order valence-electron chi connectivity index (χ1n) is 8.82. The van der Waals surface area contributed by atoms with E-state index >= 15 is 0 Å². The maximum atomic E-state index is 13.1. The third-order valence-corrected chi connectivity index (χ3v) is 9.20. The lowest BCUT2D eigenvalue weighted by Crippen LogP contribution is -2.46. The molecule has 5 fully saturated rings. The number of ether oxygens (including phenoxy) is 1. The number of ketones is 1. The Morgan fingerprint density at radius 2 is 2.14 bits per heavy atom. The summed E-state index contributed by atoms with van der Waals surface area (Å²) in [6, 6.07) is 0. The van der Waals surface area contributed by atoms with Gasteiger partial charge in [0.15, 0.2) is 0 Å². The molecule has 0 aromatic carbocycles. The van der Waals surface area contributed by atoms with Gasteiger partial charge in [-0.25, -0.2) is 0 Å². The van der Waals surface area contributed by atoms with Crippen LogP contribution < -0.4 is 0 Å². The third kappa shape index (κ3) is 0.935. The summed E-state index contributed by atoms with van der Waals surface area (Å²) in [6.07, 6.45) is 5.50. The molecule has 5 rings (SSSR count). The van der Waals surface area contributed by atoms with E-state index in [4.69, 9.17) is 4.74 Å². The Kier molecular flexibility index (Phi) is 2.12. The number of allylic oxidation sites excluding steroid dienone is 1. The van der Waals surface area contributed by atoms with Gasteiger partial charge in [0.25, 0.3) is 0 Å². The molecule has 1 N–H and O–H groups in total. The summed E-state index contributed by atoms with van der Waals surface area (Å²) >= 11 is 0. The molecule has 22 heavy (non-hydrogen) atoms. The van der Waals surface area contributed by atoms with Crippen molar-refractivity contribution in [1.82, 2.24) is 0 Å². The van der Waals surface area contributed by atoms with E-state index in [9.17, 15) is 9.90 Å². The van der Waals surface area contributed by atoms with Gasteiger partial charge in [0.05, 0.1) is 6.10 Å². The molecule has 1 aliphatic heterocycles. The van der Waals surface area contributed by atoms with Crippen LogP contribution in [0.25, 0.3) is 0 Å². The monoisotopic (exact) mass is 302 g/mol. The van der Waals surface area contributed by atoms with Gasteiger partial charge in [-0.2, -0.15) is 0 Å². The molecule has 3 nitrogen and oxygen atoms in total. The first-order chi connectivity index (χ1) is 10.3. The second-order valence-corrected chi connectivity index (χ2v) is 9.09. The van der Waals surface area contributed by atoms with Crippen molar-refractivity contribution in [2.45, 2.75) is 64.3 Å². The largest absolute Gasteiger partial charge is 0.390 e. The highest BCUT2D eigenvalue weighted by atomic mass is 16.6. The van der Waals surface area contributed by atoms with Crippen LogP contribution in [0.15, 0.2) is 12.7 Å². The fourth-order valence-corrected chi connectivity index (χ4v) is 7.98. The molecule has 3 heteroatoms. The number of aliphatic hydroxyl groups is 1. The number of aliphatic hydroxyl groups excluding tert-OH is 1. The number of epoxide rings is 1. The Labute approximate surface area is 132 Å². The van der Waals surface area contributed by atoms with Crippen LogP contribution in [0.4, 0.5) is 0 Å². The van der Waals surface area contributed by atoms with E-state index in [0.717, 1.165) is 19.3 Å². The van der Waals surface area contributed by atoms with Gasteiger partial charge in [-0.3, -0.25) is 4.79 Å². The van der Waals surface area contributed by atoms with Gasteiger partial charge in [0, 0.05) is 17.3 Å². The van der Waals surface area contributed by atoms with E-state index < -0.39 is 0 Å². The molecule has 0 aromatic rings.